The number of benzene rings is 1. The summed E-state index contributed by atoms with van der Waals surface area (Å²) in [4.78, 5) is 11.4. The van der Waals surface area contributed by atoms with E-state index in [0.717, 1.165) is 31.2 Å². The molecule has 1 aromatic carbocycles. The maximum Gasteiger partial charge on any atom is 0.336 e. The number of aliphatic carboxylic acids is 1. The van der Waals surface area contributed by atoms with Crippen LogP contribution in [-0.4, -0.2) is 21.8 Å². The van der Waals surface area contributed by atoms with Gasteiger partial charge in [-0.05, 0) is 36.8 Å². The smallest absolute Gasteiger partial charge is 0.336 e. The van der Waals surface area contributed by atoms with Gasteiger partial charge in [-0.15, -0.1) is 0 Å². The first-order chi connectivity index (χ1) is 8.59. The first kappa shape index (κ1) is 13.1. The molecular formula is C15H20O3. The number of rotatable bonds is 3. The van der Waals surface area contributed by atoms with Crippen LogP contribution in [0, 0.1) is 0 Å². The fourth-order valence-electron chi connectivity index (χ4n) is 2.96. The normalized spacial score (nSPS) is 22.7. The minimum absolute atomic E-state index is 0.237. The number of carboxylic acids is 1. The van der Waals surface area contributed by atoms with Gasteiger partial charge >= 0.3 is 5.97 Å². The molecule has 0 aliphatic heterocycles. The van der Waals surface area contributed by atoms with Crippen molar-refractivity contribution in [3.8, 4) is 0 Å². The molecule has 0 radical (unpaired) electrons. The number of hydrogen-bond acceptors (Lipinski definition) is 2. The van der Waals surface area contributed by atoms with Crippen molar-refractivity contribution in [2.45, 2.75) is 50.5 Å². The fraction of sp³-hybridized carbons (Fsp3) is 0.533. The zero-order chi connectivity index (χ0) is 13.2. The van der Waals surface area contributed by atoms with E-state index in [0.29, 0.717) is 0 Å². The van der Waals surface area contributed by atoms with Crippen LogP contribution in [-0.2, 0) is 11.2 Å². The summed E-state index contributed by atoms with van der Waals surface area (Å²) in [7, 11) is 0. The lowest BCUT2D eigenvalue weighted by Crippen LogP contribution is -2.44. The minimum Gasteiger partial charge on any atom is -0.479 e. The summed E-state index contributed by atoms with van der Waals surface area (Å²) in [5.74, 6) is -1.40. The molecule has 1 aromatic rings. The highest BCUT2D eigenvalue weighted by Gasteiger charge is 2.44. The average molecular weight is 248 g/mol. The van der Waals surface area contributed by atoms with Crippen molar-refractivity contribution < 1.29 is 15.0 Å². The maximum atomic E-state index is 11.4. The topological polar surface area (TPSA) is 57.5 Å². The standard InChI is InChI=1S/C15H20O3/c1-2-15(18,14(16)17)13-10-6-4-8-11-7-3-5-9-12(11)13/h3,5,7,9,13,18H,2,4,6,8,10H2,1H3,(H,16,17). The molecule has 18 heavy (non-hydrogen) atoms. The Morgan fingerprint density at radius 1 is 1.39 bits per heavy atom. The van der Waals surface area contributed by atoms with Crippen LogP contribution in [0.15, 0.2) is 24.3 Å². The third kappa shape index (κ3) is 2.15. The van der Waals surface area contributed by atoms with E-state index >= 15 is 0 Å². The van der Waals surface area contributed by atoms with Gasteiger partial charge in [0.25, 0.3) is 0 Å². The average Bonchev–Trinajstić information content (AvgIpc) is 2.60. The summed E-state index contributed by atoms with van der Waals surface area (Å²) < 4.78 is 0. The van der Waals surface area contributed by atoms with Crippen LogP contribution in [0.4, 0.5) is 0 Å². The van der Waals surface area contributed by atoms with Crippen molar-refractivity contribution in [1.29, 1.82) is 0 Å². The monoisotopic (exact) mass is 248 g/mol. The largest absolute Gasteiger partial charge is 0.479 e. The van der Waals surface area contributed by atoms with Gasteiger partial charge in [-0.3, -0.25) is 0 Å². The number of carbonyl (C=O) groups is 1. The van der Waals surface area contributed by atoms with Crippen molar-refractivity contribution in [2.75, 3.05) is 0 Å². The summed E-state index contributed by atoms with van der Waals surface area (Å²) in [5, 5.41) is 19.8. The quantitative estimate of drug-likeness (QED) is 0.809. The Balaban J connectivity index is 2.47. The first-order valence-electron chi connectivity index (χ1n) is 6.63. The molecule has 1 aliphatic rings. The van der Waals surface area contributed by atoms with Crippen molar-refractivity contribution in [3.05, 3.63) is 35.4 Å². The van der Waals surface area contributed by atoms with E-state index in [9.17, 15) is 15.0 Å². The second-order valence-electron chi connectivity index (χ2n) is 5.08. The molecule has 3 nitrogen and oxygen atoms in total. The van der Waals surface area contributed by atoms with Gasteiger partial charge in [-0.2, -0.15) is 0 Å². The van der Waals surface area contributed by atoms with Crippen LogP contribution < -0.4 is 0 Å². The van der Waals surface area contributed by atoms with Crippen LogP contribution in [0.1, 0.15) is 49.7 Å². The van der Waals surface area contributed by atoms with Gasteiger partial charge in [0.05, 0.1) is 0 Å². The molecule has 0 saturated heterocycles. The Bertz CT molecular complexity index is 441. The van der Waals surface area contributed by atoms with E-state index < -0.39 is 11.6 Å². The number of aryl methyl sites for hydroxylation is 1. The van der Waals surface area contributed by atoms with Gasteiger partial charge in [0, 0.05) is 5.92 Å². The first-order valence-corrected chi connectivity index (χ1v) is 6.63. The van der Waals surface area contributed by atoms with E-state index in [1.54, 1.807) is 6.92 Å². The van der Waals surface area contributed by atoms with Crippen LogP contribution in [0.3, 0.4) is 0 Å². The summed E-state index contributed by atoms with van der Waals surface area (Å²) in [5.41, 5.74) is 0.565. The molecule has 1 aliphatic carbocycles. The summed E-state index contributed by atoms with van der Waals surface area (Å²) >= 11 is 0. The highest BCUT2D eigenvalue weighted by molar-refractivity contribution is 5.78. The Hall–Kier alpha value is -1.35. The maximum absolute atomic E-state index is 11.4. The van der Waals surface area contributed by atoms with Crippen LogP contribution in [0.25, 0.3) is 0 Å². The lowest BCUT2D eigenvalue weighted by molar-refractivity contribution is -0.161. The Morgan fingerprint density at radius 3 is 2.78 bits per heavy atom. The van der Waals surface area contributed by atoms with E-state index in [-0.39, 0.29) is 12.3 Å². The molecule has 0 fully saturated rings. The van der Waals surface area contributed by atoms with Crippen molar-refractivity contribution in [1.82, 2.24) is 0 Å². The predicted octanol–water partition coefficient (Wildman–Crippen LogP) is 2.72. The molecule has 0 aromatic heterocycles. The molecule has 0 amide bonds. The van der Waals surface area contributed by atoms with Gasteiger partial charge < -0.3 is 10.2 Å². The Morgan fingerprint density at radius 2 is 2.11 bits per heavy atom. The van der Waals surface area contributed by atoms with Crippen LogP contribution >= 0.6 is 0 Å². The lowest BCUT2D eigenvalue weighted by atomic mass is 9.77. The summed E-state index contributed by atoms with van der Waals surface area (Å²) in [6.45, 7) is 1.74. The Labute approximate surface area is 107 Å². The molecule has 2 atom stereocenters. The zero-order valence-electron chi connectivity index (χ0n) is 10.7. The highest BCUT2D eigenvalue weighted by Crippen LogP contribution is 2.39. The highest BCUT2D eigenvalue weighted by atomic mass is 16.4. The molecule has 0 spiro atoms. The predicted molar refractivity (Wildman–Crippen MR) is 69.6 cm³/mol. The molecule has 2 rings (SSSR count). The van der Waals surface area contributed by atoms with Crippen molar-refractivity contribution in [2.24, 2.45) is 0 Å². The number of fused-ring (bicyclic) bond motifs is 1. The van der Waals surface area contributed by atoms with Gasteiger partial charge in [-0.25, -0.2) is 4.79 Å². The molecule has 2 N–H and O–H groups in total. The van der Waals surface area contributed by atoms with Crippen molar-refractivity contribution >= 4 is 5.97 Å². The molecule has 0 bridgehead atoms. The molecule has 2 unspecified atom stereocenters. The summed E-state index contributed by atoms with van der Waals surface area (Å²) in [6, 6.07) is 7.92. The number of carboxylic acid groups (broad SMARTS) is 1. The lowest BCUT2D eigenvalue weighted by Gasteiger charge is -2.32. The van der Waals surface area contributed by atoms with E-state index in [1.807, 2.05) is 24.3 Å². The van der Waals surface area contributed by atoms with Crippen LogP contribution in [0.2, 0.25) is 0 Å². The van der Waals surface area contributed by atoms with Crippen molar-refractivity contribution in [3.63, 3.8) is 0 Å². The molecule has 98 valence electrons. The number of hydrogen-bond donors (Lipinski definition) is 2. The zero-order valence-corrected chi connectivity index (χ0v) is 10.7. The van der Waals surface area contributed by atoms with E-state index in [2.05, 4.69) is 0 Å². The SMILES string of the molecule is CCC(O)(C(=O)O)C1CCCCc2ccccc21. The molecular weight excluding hydrogens is 228 g/mol. The molecule has 0 heterocycles. The number of aliphatic hydroxyl groups is 1. The van der Waals surface area contributed by atoms with Gasteiger partial charge in [0.15, 0.2) is 5.60 Å². The summed E-state index contributed by atoms with van der Waals surface area (Å²) in [6.07, 6.45) is 3.99. The minimum atomic E-state index is -1.64. The third-order valence-electron chi connectivity index (χ3n) is 4.11. The molecule has 0 saturated carbocycles. The van der Waals surface area contributed by atoms with Gasteiger partial charge in [0.2, 0.25) is 0 Å². The second kappa shape index (κ2) is 5.11. The van der Waals surface area contributed by atoms with E-state index in [4.69, 9.17) is 0 Å². The van der Waals surface area contributed by atoms with E-state index in [1.165, 1.54) is 5.56 Å². The molecule has 3 heteroatoms. The fourth-order valence-corrected chi connectivity index (χ4v) is 2.96. The second-order valence-corrected chi connectivity index (χ2v) is 5.08. The third-order valence-corrected chi connectivity index (χ3v) is 4.11. The Kier molecular flexibility index (Phi) is 3.71. The van der Waals surface area contributed by atoms with Gasteiger partial charge in [0.1, 0.15) is 0 Å². The van der Waals surface area contributed by atoms with Gasteiger partial charge in [-0.1, -0.05) is 37.6 Å². The van der Waals surface area contributed by atoms with Crippen LogP contribution in [0.5, 0.6) is 0 Å².